The van der Waals surface area contributed by atoms with Crippen LogP contribution in [-0.4, -0.2) is 66.1 Å². The second-order valence-corrected chi connectivity index (χ2v) is 8.21. The number of carbonyl (C=O) groups is 1. The van der Waals surface area contributed by atoms with Crippen LogP contribution in [-0.2, 0) is 6.54 Å². The van der Waals surface area contributed by atoms with Gasteiger partial charge in [0.25, 0.3) is 5.91 Å². The van der Waals surface area contributed by atoms with Crippen molar-refractivity contribution in [2.24, 2.45) is 5.41 Å². The summed E-state index contributed by atoms with van der Waals surface area (Å²) in [5.41, 5.74) is 1.17. The molecule has 8 heteroatoms. The Morgan fingerprint density at radius 1 is 1.13 bits per heavy atom. The number of halogens is 1. The lowest BCUT2D eigenvalue weighted by Gasteiger charge is -2.40. The fraction of sp³-hybridized carbons (Fsp3) is 0.500. The molecule has 1 aromatic heterocycles. The van der Waals surface area contributed by atoms with E-state index in [1.807, 2.05) is 4.90 Å². The first-order valence-corrected chi connectivity index (χ1v) is 10.2. The Hall–Kier alpha value is -2.74. The minimum absolute atomic E-state index is 0.0505. The van der Waals surface area contributed by atoms with Gasteiger partial charge in [0.2, 0.25) is 0 Å². The Balaban J connectivity index is 1.42. The zero-order chi connectivity index (χ0) is 21.1. The van der Waals surface area contributed by atoms with Gasteiger partial charge >= 0.3 is 6.01 Å². The predicted octanol–water partition coefficient (Wildman–Crippen LogP) is 2.76. The van der Waals surface area contributed by atoms with Gasteiger partial charge in [-0.05, 0) is 44.0 Å². The molecule has 2 aliphatic heterocycles. The molecule has 0 bridgehead atoms. The number of hydrogen-bond acceptors (Lipinski definition) is 6. The van der Waals surface area contributed by atoms with Gasteiger partial charge in [-0.25, -0.2) is 14.4 Å². The summed E-state index contributed by atoms with van der Waals surface area (Å²) in [6.07, 6.45) is 6.09. The number of amides is 1. The molecule has 2 aliphatic rings. The lowest BCUT2D eigenvalue weighted by molar-refractivity contribution is 0.0672. The van der Waals surface area contributed by atoms with Crippen molar-refractivity contribution in [1.29, 1.82) is 0 Å². The van der Waals surface area contributed by atoms with Crippen molar-refractivity contribution in [3.63, 3.8) is 0 Å². The molecule has 0 N–H and O–H groups in total. The number of ether oxygens (including phenoxy) is 2. The second-order valence-electron chi connectivity index (χ2n) is 8.21. The quantitative estimate of drug-likeness (QED) is 0.750. The summed E-state index contributed by atoms with van der Waals surface area (Å²) in [5.74, 6) is 0.404. The molecule has 0 unspecified atom stereocenters. The molecular weight excluding hydrogens is 387 g/mol. The van der Waals surface area contributed by atoms with Crippen LogP contribution in [0.4, 0.5) is 4.39 Å². The molecule has 7 nitrogen and oxygen atoms in total. The Labute approximate surface area is 175 Å². The van der Waals surface area contributed by atoms with Crippen molar-refractivity contribution in [1.82, 2.24) is 19.8 Å². The molecule has 1 spiro atoms. The summed E-state index contributed by atoms with van der Waals surface area (Å²) in [6, 6.07) is 5.11. The first-order valence-electron chi connectivity index (χ1n) is 10.2. The van der Waals surface area contributed by atoms with Crippen molar-refractivity contribution in [2.75, 3.05) is 40.4 Å². The van der Waals surface area contributed by atoms with Crippen molar-refractivity contribution in [3.8, 4) is 11.8 Å². The van der Waals surface area contributed by atoms with Gasteiger partial charge in [0, 0.05) is 49.6 Å². The van der Waals surface area contributed by atoms with Crippen LogP contribution in [0.2, 0.25) is 0 Å². The minimum Gasteiger partial charge on any atom is -0.497 e. The van der Waals surface area contributed by atoms with Crippen LogP contribution in [0.3, 0.4) is 0 Å². The zero-order valence-electron chi connectivity index (χ0n) is 17.4. The van der Waals surface area contributed by atoms with Gasteiger partial charge < -0.3 is 14.4 Å². The number of carbonyl (C=O) groups excluding carboxylic acids is 1. The number of likely N-dealkylation sites (tertiary alicyclic amines) is 2. The zero-order valence-corrected chi connectivity index (χ0v) is 17.4. The van der Waals surface area contributed by atoms with Gasteiger partial charge in [-0.15, -0.1) is 0 Å². The Kier molecular flexibility index (Phi) is 5.85. The predicted molar refractivity (Wildman–Crippen MR) is 109 cm³/mol. The molecule has 0 saturated carbocycles. The van der Waals surface area contributed by atoms with E-state index in [0.717, 1.165) is 32.4 Å². The van der Waals surface area contributed by atoms with E-state index in [1.54, 1.807) is 19.2 Å². The second kappa shape index (κ2) is 8.55. The van der Waals surface area contributed by atoms with E-state index in [0.29, 0.717) is 36.5 Å². The third-order valence-corrected chi connectivity index (χ3v) is 6.17. The highest BCUT2D eigenvalue weighted by Gasteiger charge is 2.43. The average Bonchev–Trinajstić information content (AvgIpc) is 3.17. The number of rotatable bonds is 5. The average molecular weight is 414 g/mol. The van der Waals surface area contributed by atoms with Gasteiger partial charge in [-0.3, -0.25) is 9.69 Å². The largest absolute Gasteiger partial charge is 0.497 e. The van der Waals surface area contributed by atoms with Crippen LogP contribution >= 0.6 is 0 Å². The monoisotopic (exact) mass is 414 g/mol. The summed E-state index contributed by atoms with van der Waals surface area (Å²) < 4.78 is 24.5. The summed E-state index contributed by atoms with van der Waals surface area (Å²) in [7, 11) is 3.08. The molecule has 3 heterocycles. The maximum absolute atomic E-state index is 14.3. The Morgan fingerprint density at radius 2 is 1.93 bits per heavy atom. The number of methoxy groups -OCH3 is 2. The molecule has 30 heavy (non-hydrogen) atoms. The van der Waals surface area contributed by atoms with Crippen molar-refractivity contribution >= 4 is 5.91 Å². The van der Waals surface area contributed by atoms with Crippen LogP contribution in [0.1, 0.15) is 35.2 Å². The van der Waals surface area contributed by atoms with E-state index in [-0.39, 0.29) is 23.1 Å². The SMILES string of the molecule is COc1ccc(F)c(CN2CCC[C@@]3(CCN(C(=O)c4cnc(OC)nc4)C3)C2)c1. The van der Waals surface area contributed by atoms with Crippen molar-refractivity contribution in [3.05, 3.63) is 47.5 Å². The third kappa shape index (κ3) is 4.23. The first kappa shape index (κ1) is 20.5. The van der Waals surface area contributed by atoms with Gasteiger partial charge in [-0.1, -0.05) is 0 Å². The highest BCUT2D eigenvalue weighted by Crippen LogP contribution is 2.40. The van der Waals surface area contributed by atoms with Crippen LogP contribution < -0.4 is 9.47 Å². The van der Waals surface area contributed by atoms with Crippen molar-refractivity contribution in [2.45, 2.75) is 25.8 Å². The van der Waals surface area contributed by atoms with Gasteiger partial charge in [-0.2, -0.15) is 0 Å². The molecule has 1 atom stereocenters. The molecule has 1 amide bonds. The number of nitrogens with zero attached hydrogens (tertiary/aromatic N) is 4. The lowest BCUT2D eigenvalue weighted by atomic mass is 9.79. The normalized spacial score (nSPS) is 21.8. The third-order valence-electron chi connectivity index (χ3n) is 6.17. The molecule has 160 valence electrons. The van der Waals surface area contributed by atoms with E-state index in [1.165, 1.54) is 25.6 Å². The van der Waals surface area contributed by atoms with E-state index in [9.17, 15) is 9.18 Å². The van der Waals surface area contributed by atoms with Crippen molar-refractivity contribution < 1.29 is 18.7 Å². The molecule has 2 aromatic rings. The highest BCUT2D eigenvalue weighted by atomic mass is 19.1. The Bertz CT molecular complexity index is 908. The maximum Gasteiger partial charge on any atom is 0.316 e. The van der Waals surface area contributed by atoms with Gasteiger partial charge in [0.05, 0.1) is 19.8 Å². The van der Waals surface area contributed by atoms with Crippen LogP contribution in [0.5, 0.6) is 11.8 Å². The molecule has 0 aliphatic carbocycles. The minimum atomic E-state index is -0.210. The molecule has 2 fully saturated rings. The standard InChI is InChI=1S/C22H27FN4O3/c1-29-18-4-5-19(23)16(10-18)13-26-8-3-6-22(14-26)7-9-27(15-22)20(28)17-11-24-21(30-2)25-12-17/h4-5,10-12H,3,6-9,13-15H2,1-2H3/t22-/m1/s1. The van der Waals surface area contributed by atoms with Gasteiger partial charge in [0.15, 0.2) is 0 Å². The fourth-order valence-electron chi connectivity index (χ4n) is 4.64. The van der Waals surface area contributed by atoms with E-state index < -0.39 is 0 Å². The lowest BCUT2D eigenvalue weighted by Crippen LogP contribution is -2.45. The maximum atomic E-state index is 14.3. The fourth-order valence-corrected chi connectivity index (χ4v) is 4.64. The number of piperidine rings is 1. The van der Waals surface area contributed by atoms with Gasteiger partial charge in [0.1, 0.15) is 11.6 Å². The van der Waals surface area contributed by atoms with Crippen LogP contribution in [0, 0.1) is 11.2 Å². The summed E-state index contributed by atoms with van der Waals surface area (Å²) in [4.78, 5) is 25.2. The van der Waals surface area contributed by atoms with E-state index in [4.69, 9.17) is 9.47 Å². The molecule has 4 rings (SSSR count). The topological polar surface area (TPSA) is 67.8 Å². The summed E-state index contributed by atoms with van der Waals surface area (Å²) in [5, 5.41) is 0. The molecule has 0 radical (unpaired) electrons. The number of benzene rings is 1. The molecule has 2 saturated heterocycles. The van der Waals surface area contributed by atoms with Crippen LogP contribution in [0.15, 0.2) is 30.6 Å². The highest BCUT2D eigenvalue weighted by molar-refractivity contribution is 5.93. The van der Waals surface area contributed by atoms with E-state index in [2.05, 4.69) is 14.9 Å². The summed E-state index contributed by atoms with van der Waals surface area (Å²) >= 11 is 0. The van der Waals surface area contributed by atoms with E-state index >= 15 is 0 Å². The number of hydrogen-bond donors (Lipinski definition) is 0. The summed E-state index contributed by atoms with van der Waals surface area (Å²) in [6.45, 7) is 3.75. The molecule has 1 aromatic carbocycles. The smallest absolute Gasteiger partial charge is 0.316 e. The molecular formula is C22H27FN4O3. The van der Waals surface area contributed by atoms with Crippen LogP contribution in [0.25, 0.3) is 0 Å². The first-order chi connectivity index (χ1) is 14.5. The number of aromatic nitrogens is 2. The Morgan fingerprint density at radius 3 is 2.67 bits per heavy atom.